The molecular formula is C39H42N2O8. The van der Waals surface area contributed by atoms with Crippen LogP contribution < -0.4 is 0 Å². The zero-order valence-corrected chi connectivity index (χ0v) is 27.6. The third-order valence-corrected chi connectivity index (χ3v) is 7.49. The van der Waals surface area contributed by atoms with Crippen LogP contribution in [-0.2, 0) is 64.6 Å². The van der Waals surface area contributed by atoms with Gasteiger partial charge < -0.3 is 18.9 Å². The Morgan fingerprint density at radius 1 is 0.449 bits per heavy atom. The highest BCUT2D eigenvalue weighted by Crippen LogP contribution is 2.10. The summed E-state index contributed by atoms with van der Waals surface area (Å²) in [5, 5.41) is 0. The van der Waals surface area contributed by atoms with Crippen LogP contribution in [0.4, 0.5) is 0 Å². The molecule has 0 aliphatic heterocycles. The highest BCUT2D eigenvalue weighted by atomic mass is 16.5. The van der Waals surface area contributed by atoms with Gasteiger partial charge in [0.1, 0.15) is 26.4 Å². The van der Waals surface area contributed by atoms with E-state index in [9.17, 15) is 19.2 Å². The minimum Gasteiger partial charge on any atom is -0.460 e. The van der Waals surface area contributed by atoms with Crippen molar-refractivity contribution in [2.24, 2.45) is 0 Å². The number of nitrogens with zero attached hydrogens (tertiary/aromatic N) is 2. The van der Waals surface area contributed by atoms with Gasteiger partial charge in [-0.05, 0) is 29.2 Å². The number of carbonyl (C=O) groups is 4. The highest BCUT2D eigenvalue weighted by Gasteiger charge is 2.26. The van der Waals surface area contributed by atoms with Gasteiger partial charge >= 0.3 is 23.9 Å². The molecule has 10 heteroatoms. The van der Waals surface area contributed by atoms with Crippen molar-refractivity contribution in [3.8, 4) is 0 Å². The fraction of sp³-hybridized carbons (Fsp3) is 0.282. The number of rotatable bonds is 19. The van der Waals surface area contributed by atoms with Crippen LogP contribution in [0.15, 0.2) is 121 Å². The number of benzene rings is 4. The Balaban J connectivity index is 1.42. The summed E-state index contributed by atoms with van der Waals surface area (Å²) in [6.45, 7) is 1.34. The van der Waals surface area contributed by atoms with Crippen LogP contribution >= 0.6 is 0 Å². The zero-order chi connectivity index (χ0) is 34.7. The Bertz CT molecular complexity index is 1470. The van der Waals surface area contributed by atoms with E-state index in [1.54, 1.807) is 16.7 Å². The van der Waals surface area contributed by atoms with Crippen LogP contribution in [0.2, 0.25) is 0 Å². The first-order chi connectivity index (χ1) is 23.8. The fourth-order valence-electron chi connectivity index (χ4n) is 4.87. The van der Waals surface area contributed by atoms with Gasteiger partial charge in [-0.25, -0.2) is 0 Å². The molecule has 256 valence electrons. The summed E-state index contributed by atoms with van der Waals surface area (Å²) in [6.07, 6.45) is 0. The Kier molecular flexibility index (Phi) is 15.0. The monoisotopic (exact) mass is 666 g/mol. The van der Waals surface area contributed by atoms with Gasteiger partial charge in [0.2, 0.25) is 0 Å². The van der Waals surface area contributed by atoms with Crippen molar-refractivity contribution >= 4 is 23.9 Å². The van der Waals surface area contributed by atoms with Gasteiger partial charge in [-0.15, -0.1) is 0 Å². The Morgan fingerprint density at radius 3 is 1.00 bits per heavy atom. The van der Waals surface area contributed by atoms with E-state index in [-0.39, 0.29) is 59.2 Å². The Hall–Kier alpha value is -5.32. The predicted molar refractivity (Wildman–Crippen MR) is 182 cm³/mol. The standard InChI is InChI=1S/C39H42N2O8/c1-31(41(25-38(44)48-29-34-18-10-4-11-19-34)26-39(45)49-30-35-20-12-5-13-21-35)22-40(23-36(42)46-27-32-14-6-2-7-15-32)24-37(43)47-28-33-16-8-3-9-17-33/h2-21,31H,22-30H2,1H3/t31-/m0/s1. The second-order valence-corrected chi connectivity index (χ2v) is 11.5. The number of esters is 4. The van der Waals surface area contributed by atoms with Crippen LogP contribution in [0.25, 0.3) is 0 Å². The van der Waals surface area contributed by atoms with Crippen LogP contribution in [0.1, 0.15) is 29.2 Å². The van der Waals surface area contributed by atoms with Gasteiger partial charge in [0.15, 0.2) is 0 Å². The minimum atomic E-state index is -0.539. The molecule has 0 saturated heterocycles. The van der Waals surface area contributed by atoms with Crippen LogP contribution in [0.3, 0.4) is 0 Å². The molecule has 10 nitrogen and oxygen atoms in total. The van der Waals surface area contributed by atoms with Gasteiger partial charge in [0.05, 0.1) is 26.2 Å². The maximum Gasteiger partial charge on any atom is 0.320 e. The van der Waals surface area contributed by atoms with Crippen molar-refractivity contribution in [2.75, 3.05) is 32.7 Å². The van der Waals surface area contributed by atoms with Gasteiger partial charge in [0, 0.05) is 12.6 Å². The first-order valence-electron chi connectivity index (χ1n) is 16.1. The molecule has 0 radical (unpaired) electrons. The van der Waals surface area contributed by atoms with Gasteiger partial charge in [-0.3, -0.25) is 29.0 Å². The van der Waals surface area contributed by atoms with Gasteiger partial charge in [-0.2, -0.15) is 0 Å². The summed E-state index contributed by atoms with van der Waals surface area (Å²) in [6, 6.07) is 36.6. The molecule has 4 aromatic carbocycles. The molecule has 0 amide bonds. The number of hydrogen-bond acceptors (Lipinski definition) is 10. The molecule has 0 fully saturated rings. The van der Waals surface area contributed by atoms with Crippen molar-refractivity contribution in [3.63, 3.8) is 0 Å². The van der Waals surface area contributed by atoms with Crippen LogP contribution in [0, 0.1) is 0 Å². The molecule has 4 rings (SSSR count). The van der Waals surface area contributed by atoms with E-state index in [0.717, 1.165) is 22.3 Å². The Labute approximate surface area is 287 Å². The molecule has 0 aliphatic carbocycles. The van der Waals surface area contributed by atoms with Crippen molar-refractivity contribution in [2.45, 2.75) is 39.4 Å². The van der Waals surface area contributed by atoms with Gasteiger partial charge in [-0.1, -0.05) is 121 Å². The molecule has 0 saturated carbocycles. The second-order valence-electron chi connectivity index (χ2n) is 11.5. The van der Waals surface area contributed by atoms with E-state index in [0.29, 0.717) is 0 Å². The molecule has 0 N–H and O–H groups in total. The SMILES string of the molecule is C[C@@H](CN(CC(=O)OCc1ccccc1)CC(=O)OCc1ccccc1)N(CC(=O)OCc1ccccc1)CC(=O)OCc1ccccc1. The average Bonchev–Trinajstić information content (AvgIpc) is 3.13. The van der Waals surface area contributed by atoms with Gasteiger partial charge in [0.25, 0.3) is 0 Å². The summed E-state index contributed by atoms with van der Waals surface area (Å²) in [7, 11) is 0. The summed E-state index contributed by atoms with van der Waals surface area (Å²) in [5.41, 5.74) is 3.30. The molecular weight excluding hydrogens is 624 g/mol. The molecule has 0 bridgehead atoms. The van der Waals surface area contributed by atoms with Crippen molar-refractivity contribution in [3.05, 3.63) is 144 Å². The number of hydrogen-bond donors (Lipinski definition) is 0. The molecule has 1 atom stereocenters. The molecule has 0 spiro atoms. The summed E-state index contributed by atoms with van der Waals surface area (Å²) in [4.78, 5) is 55.1. The lowest BCUT2D eigenvalue weighted by Gasteiger charge is -2.31. The summed E-state index contributed by atoms with van der Waals surface area (Å²) in [5.74, 6) is -2.16. The molecule has 0 unspecified atom stereocenters. The highest BCUT2D eigenvalue weighted by molar-refractivity contribution is 5.76. The number of carbonyl (C=O) groups excluding carboxylic acids is 4. The summed E-state index contributed by atoms with van der Waals surface area (Å²) >= 11 is 0. The number of ether oxygens (including phenoxy) is 4. The molecule has 0 aliphatic rings. The average molecular weight is 667 g/mol. The third kappa shape index (κ3) is 14.1. The molecule has 0 heterocycles. The van der Waals surface area contributed by atoms with E-state index in [2.05, 4.69) is 0 Å². The van der Waals surface area contributed by atoms with E-state index in [1.807, 2.05) is 121 Å². The normalized spacial score (nSPS) is 11.5. The smallest absolute Gasteiger partial charge is 0.320 e. The van der Waals surface area contributed by atoms with E-state index >= 15 is 0 Å². The first kappa shape index (κ1) is 36.5. The molecule has 0 aromatic heterocycles. The Morgan fingerprint density at radius 2 is 0.714 bits per heavy atom. The third-order valence-electron chi connectivity index (χ3n) is 7.49. The first-order valence-corrected chi connectivity index (χ1v) is 16.1. The predicted octanol–water partition coefficient (Wildman–Crippen LogP) is 4.95. The van der Waals surface area contributed by atoms with E-state index in [4.69, 9.17) is 18.9 Å². The van der Waals surface area contributed by atoms with Crippen molar-refractivity contribution in [1.29, 1.82) is 0 Å². The molecule has 4 aromatic rings. The van der Waals surface area contributed by atoms with Crippen LogP contribution in [0.5, 0.6) is 0 Å². The van der Waals surface area contributed by atoms with Crippen molar-refractivity contribution < 1.29 is 38.1 Å². The van der Waals surface area contributed by atoms with E-state index < -0.39 is 29.9 Å². The maximum atomic E-state index is 13.0. The second kappa shape index (κ2) is 20.1. The summed E-state index contributed by atoms with van der Waals surface area (Å²) < 4.78 is 22.0. The lowest BCUT2D eigenvalue weighted by atomic mass is 10.2. The molecule has 49 heavy (non-hydrogen) atoms. The zero-order valence-electron chi connectivity index (χ0n) is 27.6. The van der Waals surface area contributed by atoms with Crippen LogP contribution in [-0.4, -0.2) is 72.4 Å². The topological polar surface area (TPSA) is 112 Å². The lowest BCUT2D eigenvalue weighted by Crippen LogP contribution is -2.49. The fourth-order valence-corrected chi connectivity index (χ4v) is 4.87. The van der Waals surface area contributed by atoms with E-state index in [1.165, 1.54) is 0 Å². The quantitative estimate of drug-likeness (QED) is 0.101. The minimum absolute atomic E-state index is 0.0764. The largest absolute Gasteiger partial charge is 0.460 e. The lowest BCUT2D eigenvalue weighted by molar-refractivity contribution is -0.154. The van der Waals surface area contributed by atoms with Crippen molar-refractivity contribution in [1.82, 2.24) is 9.80 Å². The maximum absolute atomic E-state index is 13.0.